The normalized spacial score (nSPS) is 20.4. The van der Waals surface area contributed by atoms with Gasteiger partial charge in [-0.15, -0.1) is 0 Å². The Hall–Kier alpha value is -0.340. The summed E-state index contributed by atoms with van der Waals surface area (Å²) in [5.41, 5.74) is 2.42. The van der Waals surface area contributed by atoms with Gasteiger partial charge in [-0.3, -0.25) is 0 Å². The molecular weight excluding hydrogens is 286 g/mol. The van der Waals surface area contributed by atoms with Gasteiger partial charge in [0.05, 0.1) is 0 Å². The molecule has 0 atom stereocenters. The predicted molar refractivity (Wildman–Crippen MR) is 82.0 cm³/mol. The van der Waals surface area contributed by atoms with E-state index in [0.717, 1.165) is 6.54 Å². The number of likely N-dealkylation sites (N-methyl/N-ethyl adjacent to an activating group) is 1. The van der Waals surface area contributed by atoms with E-state index in [-0.39, 0.29) is 0 Å². The van der Waals surface area contributed by atoms with Crippen LogP contribution in [0.1, 0.15) is 45.1 Å². The lowest BCUT2D eigenvalue weighted by molar-refractivity contribution is 0.0140. The van der Waals surface area contributed by atoms with Crippen LogP contribution in [0.2, 0.25) is 0 Å². The Morgan fingerprint density at radius 3 is 2.39 bits per heavy atom. The quantitative estimate of drug-likeness (QED) is 0.844. The van der Waals surface area contributed by atoms with Crippen LogP contribution in [0.5, 0.6) is 0 Å². The van der Waals surface area contributed by atoms with E-state index >= 15 is 0 Å². The van der Waals surface area contributed by atoms with Gasteiger partial charge in [-0.2, -0.15) is 0 Å². The Bertz CT molecular complexity index is 401. The van der Waals surface area contributed by atoms with E-state index in [9.17, 15) is 0 Å². The Morgan fingerprint density at radius 2 is 1.89 bits per heavy atom. The molecule has 1 aromatic rings. The molecule has 0 amide bonds. The van der Waals surface area contributed by atoms with E-state index in [2.05, 4.69) is 66.4 Å². The predicted octanol–water partition coefficient (Wildman–Crippen LogP) is 4.51. The molecule has 1 aliphatic carbocycles. The van der Waals surface area contributed by atoms with E-state index < -0.39 is 0 Å². The first kappa shape index (κ1) is 14.1. The van der Waals surface area contributed by atoms with E-state index in [0.29, 0.717) is 10.8 Å². The lowest BCUT2D eigenvalue weighted by Gasteiger charge is -2.57. The molecule has 0 radical (unpaired) electrons. The molecule has 18 heavy (non-hydrogen) atoms. The molecule has 1 fully saturated rings. The molecule has 100 valence electrons. The number of hydrogen-bond acceptors (Lipinski definition) is 1. The highest BCUT2D eigenvalue weighted by atomic mass is 79.9. The minimum Gasteiger partial charge on any atom is -0.319 e. The first-order chi connectivity index (χ1) is 8.60. The van der Waals surface area contributed by atoms with Crippen LogP contribution < -0.4 is 5.32 Å². The van der Waals surface area contributed by atoms with Crippen molar-refractivity contribution >= 4 is 15.9 Å². The second-order valence-electron chi connectivity index (χ2n) is 5.88. The lowest BCUT2D eigenvalue weighted by atomic mass is 9.48. The molecule has 0 unspecified atom stereocenters. The minimum atomic E-state index is 0.352. The fourth-order valence-corrected chi connectivity index (χ4v) is 4.12. The summed E-state index contributed by atoms with van der Waals surface area (Å²) in [5, 5.41) is 3.40. The molecule has 0 heterocycles. The maximum atomic E-state index is 3.60. The van der Waals surface area contributed by atoms with Gasteiger partial charge < -0.3 is 5.32 Å². The van der Waals surface area contributed by atoms with Crippen molar-refractivity contribution in [2.75, 3.05) is 13.6 Å². The van der Waals surface area contributed by atoms with Gasteiger partial charge >= 0.3 is 0 Å². The van der Waals surface area contributed by atoms with Crippen LogP contribution in [0.3, 0.4) is 0 Å². The van der Waals surface area contributed by atoms with Crippen molar-refractivity contribution in [1.82, 2.24) is 5.32 Å². The van der Waals surface area contributed by atoms with Crippen LogP contribution >= 0.6 is 15.9 Å². The second kappa shape index (κ2) is 5.34. The van der Waals surface area contributed by atoms with Gasteiger partial charge in [0, 0.05) is 16.4 Å². The first-order valence-electron chi connectivity index (χ1n) is 7.00. The highest BCUT2D eigenvalue weighted by molar-refractivity contribution is 9.10. The Labute approximate surface area is 119 Å². The monoisotopic (exact) mass is 309 g/mol. The van der Waals surface area contributed by atoms with E-state index in [4.69, 9.17) is 0 Å². The lowest BCUT2D eigenvalue weighted by Crippen LogP contribution is -2.54. The Kier molecular flexibility index (Phi) is 4.18. The Morgan fingerprint density at radius 1 is 1.22 bits per heavy atom. The van der Waals surface area contributed by atoms with Gasteiger partial charge in [0.15, 0.2) is 0 Å². The fraction of sp³-hybridized carbons (Fsp3) is 0.625. The summed E-state index contributed by atoms with van der Waals surface area (Å²) >= 11 is 3.60. The van der Waals surface area contributed by atoms with Gasteiger partial charge in [0.2, 0.25) is 0 Å². The fourth-order valence-electron chi connectivity index (χ4n) is 3.72. The summed E-state index contributed by atoms with van der Waals surface area (Å²) in [7, 11) is 2.07. The van der Waals surface area contributed by atoms with Gasteiger partial charge in [-0.1, -0.05) is 54.8 Å². The molecule has 0 aliphatic heterocycles. The third-order valence-corrected chi connectivity index (χ3v) is 5.37. The van der Waals surface area contributed by atoms with Gasteiger partial charge in [-0.25, -0.2) is 0 Å². The number of nitrogens with one attached hydrogen (secondary N) is 1. The summed E-state index contributed by atoms with van der Waals surface area (Å²) < 4.78 is 1.20. The zero-order valence-corrected chi connectivity index (χ0v) is 13.3. The summed E-state index contributed by atoms with van der Waals surface area (Å²) in [4.78, 5) is 0. The van der Waals surface area contributed by atoms with E-state index in [1.54, 1.807) is 0 Å². The molecule has 1 saturated carbocycles. The third-order valence-electron chi connectivity index (χ3n) is 4.88. The van der Waals surface area contributed by atoms with Crippen molar-refractivity contribution in [1.29, 1.82) is 0 Å². The largest absolute Gasteiger partial charge is 0.319 e. The molecule has 1 N–H and O–H groups in total. The number of hydrogen-bond donors (Lipinski definition) is 1. The van der Waals surface area contributed by atoms with Crippen LogP contribution in [-0.2, 0) is 5.41 Å². The number of halogens is 1. The number of benzene rings is 1. The summed E-state index contributed by atoms with van der Waals surface area (Å²) in [6, 6.07) is 8.86. The van der Waals surface area contributed by atoms with Crippen LogP contribution in [0.4, 0.5) is 0 Å². The van der Waals surface area contributed by atoms with Crippen molar-refractivity contribution < 1.29 is 0 Å². The van der Waals surface area contributed by atoms with E-state index in [1.165, 1.54) is 35.7 Å². The first-order valence-corrected chi connectivity index (χ1v) is 7.80. The zero-order valence-electron chi connectivity index (χ0n) is 11.7. The van der Waals surface area contributed by atoms with Crippen LogP contribution in [0, 0.1) is 5.41 Å². The van der Waals surface area contributed by atoms with Crippen LogP contribution in [-0.4, -0.2) is 13.6 Å². The average molecular weight is 310 g/mol. The minimum absolute atomic E-state index is 0.352. The summed E-state index contributed by atoms with van der Waals surface area (Å²) in [6.45, 7) is 5.77. The van der Waals surface area contributed by atoms with Gasteiger partial charge in [0.1, 0.15) is 0 Å². The maximum absolute atomic E-state index is 3.60. The van der Waals surface area contributed by atoms with Crippen molar-refractivity contribution in [3.8, 4) is 0 Å². The van der Waals surface area contributed by atoms with Crippen molar-refractivity contribution in [3.05, 3.63) is 34.3 Å². The molecular formula is C16H24BrN. The van der Waals surface area contributed by atoms with Gasteiger partial charge in [0.25, 0.3) is 0 Å². The molecule has 0 aromatic heterocycles. The van der Waals surface area contributed by atoms with Crippen molar-refractivity contribution in [3.63, 3.8) is 0 Å². The highest BCUT2D eigenvalue weighted by Gasteiger charge is 2.52. The topological polar surface area (TPSA) is 12.0 Å². The van der Waals surface area contributed by atoms with Crippen LogP contribution in [0.15, 0.2) is 28.7 Å². The molecule has 1 aromatic carbocycles. The molecule has 2 rings (SSSR count). The molecule has 1 aliphatic rings. The van der Waals surface area contributed by atoms with Gasteiger partial charge in [-0.05, 0) is 43.0 Å². The highest BCUT2D eigenvalue weighted by Crippen LogP contribution is 2.59. The van der Waals surface area contributed by atoms with Crippen molar-refractivity contribution in [2.24, 2.45) is 5.41 Å². The molecule has 2 heteroatoms. The van der Waals surface area contributed by atoms with Crippen LogP contribution in [0.25, 0.3) is 0 Å². The maximum Gasteiger partial charge on any atom is 0.0178 e. The zero-order chi connectivity index (χ0) is 13.2. The second-order valence-corrected chi connectivity index (χ2v) is 6.80. The average Bonchev–Trinajstić information content (AvgIpc) is 2.33. The van der Waals surface area contributed by atoms with E-state index in [1.807, 2.05) is 0 Å². The number of rotatable bonds is 5. The molecule has 0 spiro atoms. The third kappa shape index (κ3) is 2.37. The van der Waals surface area contributed by atoms with Crippen molar-refractivity contribution in [2.45, 2.75) is 44.9 Å². The summed E-state index contributed by atoms with van der Waals surface area (Å²) in [5.74, 6) is 0. The summed E-state index contributed by atoms with van der Waals surface area (Å²) in [6.07, 6.45) is 5.26. The standard InChI is InChI=1S/C16H24BrN/c1-4-15(5-2)10-16(11-15,12-18-3)13-7-6-8-14(17)9-13/h6-9,18H,4-5,10-12H2,1-3H3. The SMILES string of the molecule is CCC1(CC)CC(CNC)(c2cccc(Br)c2)C1. The smallest absolute Gasteiger partial charge is 0.0178 e. The Balaban J connectivity index is 2.26. The molecule has 0 saturated heterocycles. The molecule has 0 bridgehead atoms. The molecule has 1 nitrogen and oxygen atoms in total.